The maximum atomic E-state index is 12.6. The average molecular weight is 728 g/mol. The predicted molar refractivity (Wildman–Crippen MR) is 208 cm³/mol. The predicted octanol–water partition coefficient (Wildman–Crippen LogP) is 9.06. The third-order valence-corrected chi connectivity index (χ3v) is 9.47. The zero-order valence-corrected chi connectivity index (χ0v) is 32.5. The maximum absolute atomic E-state index is 12.6. The molecule has 0 radical (unpaired) electrons. The molecule has 0 unspecified atom stereocenters. The number of carbonyl (C=O) groups excluding carboxylic acids is 1. The van der Waals surface area contributed by atoms with Gasteiger partial charge in [0.25, 0.3) is 0 Å². The monoisotopic (exact) mass is 728 g/mol. The molecule has 0 aliphatic heterocycles. The van der Waals surface area contributed by atoms with Gasteiger partial charge in [-0.3, -0.25) is 0 Å². The van der Waals surface area contributed by atoms with Gasteiger partial charge in [-0.25, -0.2) is 4.79 Å². The Morgan fingerprint density at radius 1 is 0.500 bits per heavy atom. The molecule has 9 heteroatoms. The smallest absolute Gasteiger partial charge is 0.409 e. The molecule has 0 N–H and O–H groups in total. The molecular formula is C43H69NO8. The first-order chi connectivity index (χ1) is 25.7. The van der Waals surface area contributed by atoms with Crippen molar-refractivity contribution in [3.05, 3.63) is 59.7 Å². The fourth-order valence-corrected chi connectivity index (χ4v) is 6.42. The summed E-state index contributed by atoms with van der Waals surface area (Å²) >= 11 is 0. The van der Waals surface area contributed by atoms with Crippen LogP contribution in [0.1, 0.15) is 107 Å². The third-order valence-electron chi connectivity index (χ3n) is 9.47. The minimum atomic E-state index is -0.351. The van der Waals surface area contributed by atoms with E-state index in [2.05, 4.69) is 31.2 Å². The number of rotatable bonds is 34. The van der Waals surface area contributed by atoms with Gasteiger partial charge in [-0.1, -0.05) is 133 Å². The fourth-order valence-electron chi connectivity index (χ4n) is 6.42. The van der Waals surface area contributed by atoms with Gasteiger partial charge in [0.05, 0.1) is 72.7 Å². The minimum absolute atomic E-state index is 0.0494. The molecule has 294 valence electrons. The zero-order valence-electron chi connectivity index (χ0n) is 32.5. The second-order valence-electron chi connectivity index (χ2n) is 13.6. The minimum Gasteiger partial charge on any atom is -0.448 e. The highest BCUT2D eigenvalue weighted by atomic mass is 16.6. The van der Waals surface area contributed by atoms with Crippen molar-refractivity contribution >= 4 is 6.09 Å². The molecule has 52 heavy (non-hydrogen) atoms. The molecular weight excluding hydrogens is 658 g/mol. The van der Waals surface area contributed by atoms with Crippen LogP contribution in [-0.2, 0) is 33.2 Å². The first-order valence-electron chi connectivity index (χ1n) is 20.2. The van der Waals surface area contributed by atoms with E-state index in [0.29, 0.717) is 85.8 Å². The first kappa shape index (κ1) is 43.9. The second kappa shape index (κ2) is 29.9. The Morgan fingerprint density at radius 3 is 1.31 bits per heavy atom. The maximum Gasteiger partial charge on any atom is 0.409 e. The number of nitrogens with zero attached hydrogens (tertiary/aromatic N) is 1. The lowest BCUT2D eigenvalue weighted by molar-refractivity contribution is -0.0174. The van der Waals surface area contributed by atoms with Crippen molar-refractivity contribution in [2.45, 2.75) is 96.3 Å². The van der Waals surface area contributed by atoms with Crippen LogP contribution in [0.25, 0.3) is 11.1 Å². The van der Waals surface area contributed by atoms with Crippen LogP contribution in [0.3, 0.4) is 0 Å². The van der Waals surface area contributed by atoms with Crippen molar-refractivity contribution in [3.63, 3.8) is 0 Å². The van der Waals surface area contributed by atoms with Crippen LogP contribution in [0.2, 0.25) is 0 Å². The Bertz CT molecular complexity index is 1120. The van der Waals surface area contributed by atoms with E-state index in [-0.39, 0.29) is 12.0 Å². The molecule has 0 saturated heterocycles. The summed E-state index contributed by atoms with van der Waals surface area (Å²) in [5.41, 5.74) is 4.83. The van der Waals surface area contributed by atoms with Gasteiger partial charge in [-0.05, 0) is 28.7 Å². The van der Waals surface area contributed by atoms with E-state index in [9.17, 15) is 4.79 Å². The number of benzene rings is 2. The van der Waals surface area contributed by atoms with E-state index in [0.717, 1.165) is 13.0 Å². The molecule has 0 atom stereocenters. The molecule has 0 saturated carbocycles. The lowest BCUT2D eigenvalue weighted by Gasteiger charge is -2.19. The van der Waals surface area contributed by atoms with Crippen LogP contribution in [-0.4, -0.2) is 110 Å². The van der Waals surface area contributed by atoms with Gasteiger partial charge in [-0.2, -0.15) is 0 Å². The normalized spacial score (nSPS) is 12.3. The van der Waals surface area contributed by atoms with Crippen molar-refractivity contribution in [2.75, 3.05) is 99.5 Å². The summed E-state index contributed by atoms with van der Waals surface area (Å²) in [6, 6.07) is 16.6. The van der Waals surface area contributed by atoms with Gasteiger partial charge in [0, 0.05) is 26.1 Å². The number of carbonyl (C=O) groups is 1. The highest BCUT2D eigenvalue weighted by molar-refractivity contribution is 5.79. The molecule has 0 aromatic heterocycles. The second-order valence-corrected chi connectivity index (χ2v) is 13.6. The lowest BCUT2D eigenvalue weighted by atomic mass is 9.98. The first-order valence-corrected chi connectivity index (χ1v) is 20.2. The van der Waals surface area contributed by atoms with E-state index < -0.39 is 0 Å². The van der Waals surface area contributed by atoms with E-state index in [1.54, 1.807) is 11.9 Å². The van der Waals surface area contributed by atoms with Gasteiger partial charge in [0.15, 0.2) is 0 Å². The molecule has 0 bridgehead atoms. The Morgan fingerprint density at radius 2 is 0.865 bits per heavy atom. The summed E-state index contributed by atoms with van der Waals surface area (Å²) in [6.07, 6.45) is 17.4. The number of fused-ring (bicyclic) bond motifs is 3. The van der Waals surface area contributed by atoms with E-state index >= 15 is 0 Å². The number of likely N-dealkylation sites (N-methyl/N-ethyl adjacent to an activating group) is 1. The van der Waals surface area contributed by atoms with Crippen LogP contribution < -0.4 is 0 Å². The van der Waals surface area contributed by atoms with Crippen LogP contribution in [0.15, 0.2) is 48.5 Å². The van der Waals surface area contributed by atoms with Crippen LogP contribution >= 0.6 is 0 Å². The topological polar surface area (TPSA) is 84.9 Å². The molecule has 0 heterocycles. The molecule has 2 aromatic rings. The molecule has 0 spiro atoms. The third kappa shape index (κ3) is 19.0. The van der Waals surface area contributed by atoms with E-state index in [1.165, 1.54) is 99.3 Å². The Labute approximate surface area is 315 Å². The molecule has 0 fully saturated rings. The summed E-state index contributed by atoms with van der Waals surface area (Å²) < 4.78 is 39.3. The average Bonchev–Trinajstić information content (AvgIpc) is 3.49. The summed E-state index contributed by atoms with van der Waals surface area (Å²) in [7, 11) is 1.73. The summed E-state index contributed by atoms with van der Waals surface area (Å²) in [5.74, 6) is 0.0494. The number of ether oxygens (including phenoxy) is 7. The van der Waals surface area contributed by atoms with E-state index in [1.807, 2.05) is 24.3 Å². The van der Waals surface area contributed by atoms with Crippen LogP contribution in [0, 0.1) is 0 Å². The fraction of sp³-hybridized carbons (Fsp3) is 0.698. The molecule has 1 aliphatic carbocycles. The molecule has 9 nitrogen and oxygen atoms in total. The number of hydrogen-bond acceptors (Lipinski definition) is 8. The Kier molecular flexibility index (Phi) is 25.2. The van der Waals surface area contributed by atoms with Crippen molar-refractivity contribution < 1.29 is 38.0 Å². The quantitative estimate of drug-likeness (QED) is 0.0661. The highest BCUT2D eigenvalue weighted by Gasteiger charge is 2.29. The number of amides is 1. The molecule has 1 aliphatic rings. The van der Waals surface area contributed by atoms with Gasteiger partial charge in [0.1, 0.15) is 6.61 Å². The SMILES string of the molecule is CCCCCCCCCCCCCCCOCCOCCOCCOCCOCCOCCN(C)C(=O)OCC1c2ccccc2-c2ccccc21. The van der Waals surface area contributed by atoms with Crippen LogP contribution in [0.5, 0.6) is 0 Å². The van der Waals surface area contributed by atoms with Gasteiger partial charge >= 0.3 is 6.09 Å². The summed E-state index contributed by atoms with van der Waals surface area (Å²) in [4.78, 5) is 14.2. The van der Waals surface area contributed by atoms with Crippen molar-refractivity contribution in [1.82, 2.24) is 4.90 Å². The Hall–Kier alpha value is -2.53. The van der Waals surface area contributed by atoms with E-state index in [4.69, 9.17) is 33.2 Å². The van der Waals surface area contributed by atoms with Gasteiger partial charge in [0.2, 0.25) is 0 Å². The number of unbranched alkanes of at least 4 members (excludes halogenated alkanes) is 12. The van der Waals surface area contributed by atoms with Crippen molar-refractivity contribution in [2.24, 2.45) is 0 Å². The van der Waals surface area contributed by atoms with Gasteiger partial charge in [-0.15, -0.1) is 0 Å². The molecule has 1 amide bonds. The van der Waals surface area contributed by atoms with Crippen molar-refractivity contribution in [1.29, 1.82) is 0 Å². The molecule has 2 aromatic carbocycles. The summed E-state index contributed by atoms with van der Waals surface area (Å²) in [5, 5.41) is 0. The van der Waals surface area contributed by atoms with Gasteiger partial charge < -0.3 is 38.1 Å². The summed E-state index contributed by atoms with van der Waals surface area (Å²) in [6.45, 7) is 9.59. The lowest BCUT2D eigenvalue weighted by Crippen LogP contribution is -2.32. The standard InChI is InChI=1S/C43H69NO8/c1-3-4-5-6-7-8-9-10-11-12-13-14-19-25-46-27-29-48-31-33-50-35-36-51-34-32-49-30-28-47-26-24-44(2)43(45)52-37-42-40-22-17-15-20-38(40)39-21-16-18-23-41(39)42/h15-18,20-23,42H,3-14,19,24-37H2,1-2H3. The zero-order chi connectivity index (χ0) is 36.7. The Balaban J connectivity index is 0.988. The largest absolute Gasteiger partial charge is 0.448 e. The van der Waals surface area contributed by atoms with Crippen LogP contribution in [0.4, 0.5) is 4.79 Å². The number of hydrogen-bond donors (Lipinski definition) is 0. The highest BCUT2D eigenvalue weighted by Crippen LogP contribution is 2.44. The molecule has 3 rings (SSSR count). The van der Waals surface area contributed by atoms with Crippen molar-refractivity contribution in [3.8, 4) is 11.1 Å².